The second-order valence-electron chi connectivity index (χ2n) is 8.09. The minimum absolute atomic E-state index is 0.0862. The molecule has 1 aromatic heterocycles. The van der Waals surface area contributed by atoms with Crippen LogP contribution in [0.5, 0.6) is 0 Å². The highest BCUT2D eigenvalue weighted by Gasteiger charge is 2.26. The molecule has 0 radical (unpaired) electrons. The van der Waals surface area contributed by atoms with E-state index < -0.39 is 16.1 Å². The van der Waals surface area contributed by atoms with Crippen molar-refractivity contribution in [1.82, 2.24) is 4.72 Å². The molecule has 31 heavy (non-hydrogen) atoms. The number of nitrogens with zero attached hydrogens (tertiary/aromatic N) is 1. The van der Waals surface area contributed by atoms with E-state index in [1.54, 1.807) is 40.5 Å². The standard InChI is InChI=1S/C24H24N2O3S2/c27-23-7-2-14-26(23)20-10-12-21(13-11-20)31(28,29)25-24(22-6-3-15-30-22)19-9-8-17-4-1-5-18(17)16-19/h3,6,8-13,15-16,24-25H,1-2,4-5,7,14H2/t24-/m1/s1. The first-order valence-electron chi connectivity index (χ1n) is 10.6. The van der Waals surface area contributed by atoms with Crippen molar-refractivity contribution in [2.45, 2.75) is 43.0 Å². The lowest BCUT2D eigenvalue weighted by Crippen LogP contribution is -2.29. The van der Waals surface area contributed by atoms with E-state index in [4.69, 9.17) is 0 Å². The predicted octanol–water partition coefficient (Wildman–Crippen LogP) is 4.43. The predicted molar refractivity (Wildman–Crippen MR) is 123 cm³/mol. The minimum atomic E-state index is -3.75. The number of thiophene rings is 1. The molecule has 1 N–H and O–H groups in total. The lowest BCUT2D eigenvalue weighted by atomic mass is 10.0. The molecular formula is C24H24N2O3S2. The van der Waals surface area contributed by atoms with Gasteiger partial charge in [0, 0.05) is 23.5 Å². The largest absolute Gasteiger partial charge is 0.312 e. The molecule has 1 fully saturated rings. The molecule has 1 atom stereocenters. The van der Waals surface area contributed by atoms with E-state index in [1.165, 1.54) is 11.1 Å². The summed E-state index contributed by atoms with van der Waals surface area (Å²) in [4.78, 5) is 14.8. The molecule has 1 aliphatic heterocycles. The number of nitrogens with one attached hydrogen (secondary N) is 1. The Bertz CT molecular complexity index is 1200. The van der Waals surface area contributed by atoms with Crippen molar-refractivity contribution in [2.75, 3.05) is 11.4 Å². The number of hydrogen-bond donors (Lipinski definition) is 1. The zero-order chi connectivity index (χ0) is 21.4. The smallest absolute Gasteiger partial charge is 0.241 e. The van der Waals surface area contributed by atoms with Crippen LogP contribution in [0.2, 0.25) is 0 Å². The third-order valence-corrected chi connectivity index (χ3v) is 8.46. The molecule has 160 valence electrons. The van der Waals surface area contributed by atoms with Crippen molar-refractivity contribution in [2.24, 2.45) is 0 Å². The number of carbonyl (C=O) groups is 1. The number of amides is 1. The monoisotopic (exact) mass is 452 g/mol. The number of sulfonamides is 1. The summed E-state index contributed by atoms with van der Waals surface area (Å²) in [6.45, 7) is 0.683. The summed E-state index contributed by atoms with van der Waals surface area (Å²) in [6.07, 6.45) is 4.68. The first-order valence-corrected chi connectivity index (χ1v) is 13.0. The van der Waals surface area contributed by atoms with Crippen molar-refractivity contribution in [3.63, 3.8) is 0 Å². The van der Waals surface area contributed by atoms with Crippen LogP contribution in [0.3, 0.4) is 0 Å². The van der Waals surface area contributed by atoms with Crippen molar-refractivity contribution in [1.29, 1.82) is 0 Å². The van der Waals surface area contributed by atoms with Gasteiger partial charge in [-0.15, -0.1) is 11.3 Å². The lowest BCUT2D eigenvalue weighted by molar-refractivity contribution is -0.117. The van der Waals surface area contributed by atoms with Gasteiger partial charge in [-0.1, -0.05) is 24.3 Å². The van der Waals surface area contributed by atoms with Gasteiger partial charge in [-0.05, 0) is 78.1 Å². The Hall–Kier alpha value is -2.48. The number of hydrogen-bond acceptors (Lipinski definition) is 4. The number of benzene rings is 2. The summed E-state index contributed by atoms with van der Waals surface area (Å²) >= 11 is 1.54. The van der Waals surface area contributed by atoms with Gasteiger partial charge in [-0.25, -0.2) is 8.42 Å². The maximum Gasteiger partial charge on any atom is 0.241 e. The summed E-state index contributed by atoms with van der Waals surface area (Å²) in [5.41, 5.74) is 4.39. The van der Waals surface area contributed by atoms with E-state index in [1.807, 2.05) is 23.6 Å². The van der Waals surface area contributed by atoms with E-state index in [2.05, 4.69) is 16.9 Å². The van der Waals surface area contributed by atoms with Gasteiger partial charge in [-0.2, -0.15) is 4.72 Å². The van der Waals surface area contributed by atoms with Gasteiger partial charge in [0.2, 0.25) is 15.9 Å². The first-order chi connectivity index (χ1) is 15.0. The molecule has 1 aliphatic carbocycles. The van der Waals surface area contributed by atoms with Crippen LogP contribution < -0.4 is 9.62 Å². The van der Waals surface area contributed by atoms with Gasteiger partial charge in [-0.3, -0.25) is 4.79 Å². The molecule has 0 saturated carbocycles. The quantitative estimate of drug-likeness (QED) is 0.602. The Kier molecular flexibility index (Phi) is 5.42. The van der Waals surface area contributed by atoms with Crippen LogP contribution >= 0.6 is 11.3 Å². The number of rotatable bonds is 6. The van der Waals surface area contributed by atoms with Crippen molar-refractivity contribution in [3.8, 4) is 0 Å². The number of anilines is 1. The maximum atomic E-state index is 13.3. The Morgan fingerprint density at radius 3 is 2.45 bits per heavy atom. The summed E-state index contributed by atoms with van der Waals surface area (Å²) < 4.78 is 29.4. The lowest BCUT2D eigenvalue weighted by Gasteiger charge is -2.20. The molecule has 1 saturated heterocycles. The van der Waals surface area contributed by atoms with E-state index in [-0.39, 0.29) is 10.8 Å². The number of fused-ring (bicyclic) bond motifs is 1. The van der Waals surface area contributed by atoms with Gasteiger partial charge in [0.05, 0.1) is 10.9 Å². The SMILES string of the molecule is O=C1CCCN1c1ccc(S(=O)(=O)N[C@H](c2ccc3c(c2)CCC3)c2cccs2)cc1. The molecule has 5 rings (SSSR count). The van der Waals surface area contributed by atoms with Gasteiger partial charge in [0.15, 0.2) is 0 Å². The normalized spacial score (nSPS) is 17.2. The molecule has 2 aliphatic rings. The minimum Gasteiger partial charge on any atom is -0.312 e. The highest BCUT2D eigenvalue weighted by atomic mass is 32.2. The molecule has 1 amide bonds. The van der Waals surface area contributed by atoms with Crippen LogP contribution in [0.25, 0.3) is 0 Å². The fraction of sp³-hybridized carbons (Fsp3) is 0.292. The topological polar surface area (TPSA) is 66.5 Å². The summed E-state index contributed by atoms with van der Waals surface area (Å²) in [7, 11) is -3.75. The highest BCUT2D eigenvalue weighted by molar-refractivity contribution is 7.89. The first kappa shape index (κ1) is 20.4. The van der Waals surface area contributed by atoms with Gasteiger partial charge >= 0.3 is 0 Å². The van der Waals surface area contributed by atoms with Crippen molar-refractivity contribution >= 4 is 33.0 Å². The van der Waals surface area contributed by atoms with Crippen LogP contribution in [0.1, 0.15) is 46.9 Å². The van der Waals surface area contributed by atoms with E-state index in [0.29, 0.717) is 13.0 Å². The fourth-order valence-corrected chi connectivity index (χ4v) is 6.55. The molecule has 5 nitrogen and oxygen atoms in total. The maximum absolute atomic E-state index is 13.3. The van der Waals surface area contributed by atoms with Gasteiger partial charge in [0.1, 0.15) is 0 Å². The van der Waals surface area contributed by atoms with Gasteiger partial charge in [0.25, 0.3) is 0 Å². The third kappa shape index (κ3) is 4.05. The van der Waals surface area contributed by atoms with Crippen LogP contribution in [-0.2, 0) is 27.7 Å². The second kappa shape index (κ2) is 8.22. The third-order valence-electron chi connectivity index (χ3n) is 6.09. The molecule has 2 aromatic carbocycles. The average Bonchev–Trinajstić information content (AvgIpc) is 3.53. The van der Waals surface area contributed by atoms with E-state index in [0.717, 1.165) is 41.8 Å². The zero-order valence-electron chi connectivity index (χ0n) is 17.1. The van der Waals surface area contributed by atoms with Crippen molar-refractivity contribution in [3.05, 3.63) is 81.5 Å². The molecule has 3 aromatic rings. The Balaban J connectivity index is 1.44. The van der Waals surface area contributed by atoms with Crippen LogP contribution in [0, 0.1) is 0 Å². The number of carbonyl (C=O) groups excluding carboxylic acids is 1. The summed E-state index contributed by atoms with van der Waals surface area (Å²) in [5, 5.41) is 1.96. The molecule has 2 heterocycles. The molecule has 7 heteroatoms. The molecule has 0 spiro atoms. The summed E-state index contributed by atoms with van der Waals surface area (Å²) in [5.74, 6) is 0.0862. The van der Waals surface area contributed by atoms with E-state index in [9.17, 15) is 13.2 Å². The second-order valence-corrected chi connectivity index (χ2v) is 10.8. The Morgan fingerprint density at radius 1 is 0.935 bits per heavy atom. The van der Waals surface area contributed by atoms with Crippen LogP contribution in [-0.4, -0.2) is 20.9 Å². The Labute approximate surface area is 186 Å². The van der Waals surface area contributed by atoms with Crippen LogP contribution in [0.15, 0.2) is 64.9 Å². The molecule has 0 unspecified atom stereocenters. The van der Waals surface area contributed by atoms with Gasteiger partial charge < -0.3 is 4.90 Å². The van der Waals surface area contributed by atoms with Crippen molar-refractivity contribution < 1.29 is 13.2 Å². The van der Waals surface area contributed by atoms with E-state index >= 15 is 0 Å². The zero-order valence-corrected chi connectivity index (χ0v) is 18.7. The Morgan fingerprint density at radius 2 is 1.74 bits per heavy atom. The number of aryl methyl sites for hydroxylation is 2. The highest BCUT2D eigenvalue weighted by Crippen LogP contribution is 2.32. The fourth-order valence-electron chi connectivity index (χ4n) is 4.47. The molecular weight excluding hydrogens is 428 g/mol. The summed E-state index contributed by atoms with van der Waals surface area (Å²) in [6, 6.07) is 16.4. The van der Waals surface area contributed by atoms with Crippen LogP contribution in [0.4, 0.5) is 5.69 Å². The average molecular weight is 453 g/mol. The molecule has 0 bridgehead atoms.